The maximum absolute atomic E-state index is 12.5. The molecule has 1 aromatic rings. The predicted octanol–water partition coefficient (Wildman–Crippen LogP) is 1.65. The molecule has 1 aliphatic heterocycles. The number of aromatic carboxylic acids is 1. The molecule has 0 saturated heterocycles. The van der Waals surface area contributed by atoms with Gasteiger partial charge in [0.05, 0.1) is 11.5 Å². The number of hydrogen-bond acceptors (Lipinski definition) is 3. The second-order valence-electron chi connectivity index (χ2n) is 5.35. The maximum atomic E-state index is 12.5. The molecule has 1 amide bonds. The third-order valence-electron chi connectivity index (χ3n) is 3.93. The SMILES string of the molecule is CC(N)C(C)C(=O)N1CCCc2c(C(=O)O)cccc21. The number of nitrogens with zero attached hydrogens (tertiary/aromatic N) is 1. The highest BCUT2D eigenvalue weighted by Gasteiger charge is 2.29. The molecule has 108 valence electrons. The van der Waals surface area contributed by atoms with Crippen molar-refractivity contribution >= 4 is 17.6 Å². The first-order chi connectivity index (χ1) is 9.43. The minimum absolute atomic E-state index is 0.0384. The summed E-state index contributed by atoms with van der Waals surface area (Å²) in [6, 6.07) is 4.86. The molecule has 0 aliphatic carbocycles. The van der Waals surface area contributed by atoms with Crippen LogP contribution in [0.2, 0.25) is 0 Å². The van der Waals surface area contributed by atoms with E-state index < -0.39 is 5.97 Å². The van der Waals surface area contributed by atoms with Crippen molar-refractivity contribution in [2.45, 2.75) is 32.7 Å². The zero-order valence-electron chi connectivity index (χ0n) is 11.8. The molecular weight excluding hydrogens is 256 g/mol. The van der Waals surface area contributed by atoms with Crippen molar-refractivity contribution in [2.24, 2.45) is 11.7 Å². The van der Waals surface area contributed by atoms with Gasteiger partial charge < -0.3 is 15.7 Å². The molecule has 1 aliphatic rings. The number of amides is 1. The van der Waals surface area contributed by atoms with Gasteiger partial charge in [-0.25, -0.2) is 4.79 Å². The Kier molecular flexibility index (Phi) is 4.09. The summed E-state index contributed by atoms with van der Waals surface area (Å²) < 4.78 is 0. The van der Waals surface area contributed by atoms with Crippen LogP contribution in [0.3, 0.4) is 0 Å². The first-order valence-electron chi connectivity index (χ1n) is 6.85. The number of hydrogen-bond donors (Lipinski definition) is 2. The zero-order valence-corrected chi connectivity index (χ0v) is 11.8. The number of fused-ring (bicyclic) bond motifs is 1. The van der Waals surface area contributed by atoms with Crippen LogP contribution in [0.25, 0.3) is 0 Å². The Bertz CT molecular complexity index is 540. The van der Waals surface area contributed by atoms with E-state index in [1.165, 1.54) is 0 Å². The van der Waals surface area contributed by atoms with Gasteiger partial charge in [-0.3, -0.25) is 4.79 Å². The fraction of sp³-hybridized carbons (Fsp3) is 0.467. The van der Waals surface area contributed by atoms with Crippen molar-refractivity contribution in [2.75, 3.05) is 11.4 Å². The number of benzene rings is 1. The van der Waals surface area contributed by atoms with E-state index in [1.54, 1.807) is 24.0 Å². The molecule has 3 N–H and O–H groups in total. The van der Waals surface area contributed by atoms with E-state index in [2.05, 4.69) is 0 Å². The Morgan fingerprint density at radius 3 is 2.65 bits per heavy atom. The Morgan fingerprint density at radius 1 is 1.35 bits per heavy atom. The van der Waals surface area contributed by atoms with Crippen molar-refractivity contribution < 1.29 is 14.7 Å². The molecule has 20 heavy (non-hydrogen) atoms. The van der Waals surface area contributed by atoms with Crippen LogP contribution < -0.4 is 10.6 Å². The molecule has 5 nitrogen and oxygen atoms in total. The summed E-state index contributed by atoms with van der Waals surface area (Å²) in [5, 5.41) is 9.24. The number of nitrogens with two attached hydrogens (primary N) is 1. The van der Waals surface area contributed by atoms with Gasteiger partial charge in [0.15, 0.2) is 0 Å². The summed E-state index contributed by atoms with van der Waals surface area (Å²) in [4.78, 5) is 25.4. The van der Waals surface area contributed by atoms with Crippen LogP contribution in [-0.4, -0.2) is 29.6 Å². The van der Waals surface area contributed by atoms with Crippen LogP contribution in [0.4, 0.5) is 5.69 Å². The van der Waals surface area contributed by atoms with E-state index in [1.807, 2.05) is 13.0 Å². The number of anilines is 1. The monoisotopic (exact) mass is 276 g/mol. The van der Waals surface area contributed by atoms with Gasteiger partial charge in [0, 0.05) is 18.3 Å². The second-order valence-corrected chi connectivity index (χ2v) is 5.35. The standard InChI is InChI=1S/C15H20N2O3/c1-9(10(2)16)14(18)17-8-4-6-11-12(15(19)20)5-3-7-13(11)17/h3,5,7,9-10H,4,6,8,16H2,1-2H3,(H,19,20). The van der Waals surface area contributed by atoms with Gasteiger partial charge in [-0.1, -0.05) is 13.0 Å². The molecular formula is C15H20N2O3. The fourth-order valence-corrected chi connectivity index (χ4v) is 2.52. The summed E-state index contributed by atoms with van der Waals surface area (Å²) in [6.07, 6.45) is 1.46. The lowest BCUT2D eigenvalue weighted by Crippen LogP contribution is -2.44. The first kappa shape index (κ1) is 14.5. The van der Waals surface area contributed by atoms with Gasteiger partial charge in [0.2, 0.25) is 5.91 Å². The number of carbonyl (C=O) groups is 2. The highest BCUT2D eigenvalue weighted by atomic mass is 16.4. The largest absolute Gasteiger partial charge is 0.478 e. The van der Waals surface area contributed by atoms with Crippen LogP contribution in [0.5, 0.6) is 0 Å². The molecule has 2 unspecified atom stereocenters. The van der Waals surface area contributed by atoms with Crippen LogP contribution >= 0.6 is 0 Å². The smallest absolute Gasteiger partial charge is 0.336 e. The van der Waals surface area contributed by atoms with Crippen molar-refractivity contribution in [3.05, 3.63) is 29.3 Å². The van der Waals surface area contributed by atoms with Crippen molar-refractivity contribution in [1.82, 2.24) is 0 Å². The van der Waals surface area contributed by atoms with E-state index in [-0.39, 0.29) is 23.4 Å². The fourth-order valence-electron chi connectivity index (χ4n) is 2.52. The summed E-state index contributed by atoms with van der Waals surface area (Å²) >= 11 is 0. The maximum Gasteiger partial charge on any atom is 0.336 e. The topological polar surface area (TPSA) is 83.6 Å². The molecule has 0 aromatic heterocycles. The lowest BCUT2D eigenvalue weighted by atomic mass is 9.94. The lowest BCUT2D eigenvalue weighted by Gasteiger charge is -2.33. The van der Waals surface area contributed by atoms with Gasteiger partial charge in [-0.15, -0.1) is 0 Å². The van der Waals surface area contributed by atoms with Crippen LogP contribution in [0.1, 0.15) is 36.2 Å². The molecule has 2 atom stereocenters. The first-order valence-corrected chi connectivity index (χ1v) is 6.85. The zero-order chi connectivity index (χ0) is 14.9. The third kappa shape index (κ3) is 2.54. The minimum atomic E-state index is -0.948. The Morgan fingerprint density at radius 2 is 2.05 bits per heavy atom. The molecule has 0 fully saturated rings. The minimum Gasteiger partial charge on any atom is -0.478 e. The van der Waals surface area contributed by atoms with Gasteiger partial charge >= 0.3 is 5.97 Å². The Labute approximate surface area is 118 Å². The molecule has 1 aromatic carbocycles. The Balaban J connectivity index is 2.41. The molecule has 2 rings (SSSR count). The van der Waals surface area contributed by atoms with Gasteiger partial charge in [0.1, 0.15) is 0 Å². The molecule has 1 heterocycles. The van der Waals surface area contributed by atoms with E-state index in [4.69, 9.17) is 5.73 Å². The summed E-state index contributed by atoms with van der Waals surface area (Å²) in [7, 11) is 0. The highest BCUT2D eigenvalue weighted by molar-refractivity contribution is 5.99. The van der Waals surface area contributed by atoms with E-state index in [9.17, 15) is 14.7 Å². The number of rotatable bonds is 3. The van der Waals surface area contributed by atoms with Crippen LogP contribution in [0, 0.1) is 5.92 Å². The van der Waals surface area contributed by atoms with Crippen molar-refractivity contribution in [3.8, 4) is 0 Å². The Hall–Kier alpha value is -1.88. The number of carboxylic acids is 1. The summed E-state index contributed by atoms with van der Waals surface area (Å²) in [6.45, 7) is 4.23. The van der Waals surface area contributed by atoms with Crippen LogP contribution in [0.15, 0.2) is 18.2 Å². The van der Waals surface area contributed by atoms with Crippen molar-refractivity contribution in [1.29, 1.82) is 0 Å². The third-order valence-corrected chi connectivity index (χ3v) is 3.93. The predicted molar refractivity (Wildman–Crippen MR) is 76.9 cm³/mol. The van der Waals surface area contributed by atoms with E-state index in [0.29, 0.717) is 18.7 Å². The highest BCUT2D eigenvalue weighted by Crippen LogP contribution is 2.31. The molecule has 0 radical (unpaired) electrons. The molecule has 0 spiro atoms. The normalized spacial score (nSPS) is 17.2. The number of carbonyl (C=O) groups excluding carboxylic acids is 1. The second kappa shape index (κ2) is 5.63. The number of carboxylic acid groups (broad SMARTS) is 1. The molecule has 0 bridgehead atoms. The quantitative estimate of drug-likeness (QED) is 0.879. The van der Waals surface area contributed by atoms with Gasteiger partial charge in [-0.05, 0) is 37.5 Å². The lowest BCUT2D eigenvalue weighted by molar-refractivity contribution is -0.122. The van der Waals surface area contributed by atoms with Crippen LogP contribution in [-0.2, 0) is 11.2 Å². The van der Waals surface area contributed by atoms with E-state index >= 15 is 0 Å². The van der Waals surface area contributed by atoms with E-state index in [0.717, 1.165) is 12.0 Å². The molecule has 5 heteroatoms. The average Bonchev–Trinajstić information content (AvgIpc) is 2.44. The summed E-state index contributed by atoms with van der Waals surface area (Å²) in [5.74, 6) is -1.27. The van der Waals surface area contributed by atoms with Gasteiger partial charge in [-0.2, -0.15) is 0 Å². The summed E-state index contributed by atoms with van der Waals surface area (Å²) in [5.41, 5.74) is 7.55. The van der Waals surface area contributed by atoms with Gasteiger partial charge in [0.25, 0.3) is 0 Å². The molecule has 0 saturated carbocycles. The van der Waals surface area contributed by atoms with Crippen molar-refractivity contribution in [3.63, 3.8) is 0 Å². The average molecular weight is 276 g/mol.